The van der Waals surface area contributed by atoms with E-state index in [9.17, 15) is 9.90 Å². The van der Waals surface area contributed by atoms with Gasteiger partial charge in [0.25, 0.3) is 0 Å². The Balaban J connectivity index is 2.33. The van der Waals surface area contributed by atoms with Gasteiger partial charge in [0.15, 0.2) is 0 Å². The number of carboxylic acids is 1. The first-order valence-corrected chi connectivity index (χ1v) is 7.47. The summed E-state index contributed by atoms with van der Waals surface area (Å²) in [5, 5.41) is 9.23. The lowest BCUT2D eigenvalue weighted by Gasteiger charge is -2.17. The maximum Gasteiger partial charge on any atom is 0.304 e. The second-order valence-electron chi connectivity index (χ2n) is 5.74. The van der Waals surface area contributed by atoms with Crippen molar-refractivity contribution in [3.05, 3.63) is 65.2 Å². The molecule has 0 bridgehead atoms. The average molecular weight is 298 g/mol. The third-order valence-electron chi connectivity index (χ3n) is 3.90. The first-order chi connectivity index (χ1) is 10.5. The zero-order valence-electron chi connectivity index (χ0n) is 13.2. The molecule has 1 unspecified atom stereocenters. The number of carboxylic acid groups (broad SMARTS) is 1. The Labute approximate surface area is 131 Å². The fraction of sp³-hybridized carbons (Fsp3) is 0.316. The van der Waals surface area contributed by atoms with Crippen LogP contribution in [0.15, 0.2) is 48.5 Å². The molecular weight excluding hydrogens is 276 g/mol. The van der Waals surface area contributed by atoms with Crippen LogP contribution in [0, 0.1) is 0 Å². The molecule has 3 heteroatoms. The molecule has 2 aromatic rings. The number of carbonyl (C=O) groups is 1. The number of aliphatic carboxylic acids is 1. The monoisotopic (exact) mass is 298 g/mol. The average Bonchev–Trinajstić information content (AvgIpc) is 2.53. The van der Waals surface area contributed by atoms with E-state index in [0.29, 0.717) is 5.92 Å². The Morgan fingerprint density at radius 1 is 0.955 bits per heavy atom. The van der Waals surface area contributed by atoms with Crippen molar-refractivity contribution in [1.82, 2.24) is 0 Å². The molecule has 0 amide bonds. The van der Waals surface area contributed by atoms with Gasteiger partial charge in [-0.1, -0.05) is 50.2 Å². The molecule has 0 saturated carbocycles. The van der Waals surface area contributed by atoms with Gasteiger partial charge in [0.05, 0.1) is 13.5 Å². The van der Waals surface area contributed by atoms with E-state index < -0.39 is 5.97 Å². The van der Waals surface area contributed by atoms with Crippen LogP contribution in [0.5, 0.6) is 5.75 Å². The van der Waals surface area contributed by atoms with E-state index >= 15 is 0 Å². The normalized spacial score (nSPS) is 12.2. The maximum absolute atomic E-state index is 11.2. The fourth-order valence-electron chi connectivity index (χ4n) is 2.55. The maximum atomic E-state index is 11.2. The predicted molar refractivity (Wildman–Crippen MR) is 87.6 cm³/mol. The molecule has 0 heterocycles. The van der Waals surface area contributed by atoms with Gasteiger partial charge in [-0.15, -0.1) is 0 Å². The van der Waals surface area contributed by atoms with Gasteiger partial charge in [0.1, 0.15) is 5.75 Å². The molecule has 1 atom stereocenters. The van der Waals surface area contributed by atoms with Crippen LogP contribution in [-0.4, -0.2) is 18.2 Å². The molecule has 0 spiro atoms. The van der Waals surface area contributed by atoms with Crippen molar-refractivity contribution in [2.24, 2.45) is 0 Å². The van der Waals surface area contributed by atoms with E-state index in [1.807, 2.05) is 36.4 Å². The van der Waals surface area contributed by atoms with Crippen molar-refractivity contribution in [1.29, 1.82) is 0 Å². The van der Waals surface area contributed by atoms with Gasteiger partial charge in [-0.05, 0) is 34.7 Å². The molecule has 2 aromatic carbocycles. The lowest BCUT2D eigenvalue weighted by Crippen LogP contribution is -2.08. The Bertz CT molecular complexity index is 612. The smallest absolute Gasteiger partial charge is 0.304 e. The number of hydrogen-bond acceptors (Lipinski definition) is 2. The zero-order chi connectivity index (χ0) is 16.1. The number of rotatable bonds is 6. The predicted octanol–water partition coefficient (Wildman–Crippen LogP) is 4.43. The Hall–Kier alpha value is -2.29. The number of methoxy groups -OCH3 is 1. The van der Waals surface area contributed by atoms with Crippen LogP contribution in [0.25, 0.3) is 0 Å². The van der Waals surface area contributed by atoms with Crippen LogP contribution in [-0.2, 0) is 4.79 Å². The first-order valence-electron chi connectivity index (χ1n) is 7.47. The van der Waals surface area contributed by atoms with Gasteiger partial charge in [0, 0.05) is 5.92 Å². The molecule has 0 aliphatic carbocycles. The van der Waals surface area contributed by atoms with Crippen LogP contribution >= 0.6 is 0 Å². The lowest BCUT2D eigenvalue weighted by molar-refractivity contribution is -0.137. The van der Waals surface area contributed by atoms with Crippen LogP contribution in [0.2, 0.25) is 0 Å². The minimum atomic E-state index is -0.797. The third-order valence-corrected chi connectivity index (χ3v) is 3.90. The Morgan fingerprint density at radius 3 is 1.82 bits per heavy atom. The molecule has 22 heavy (non-hydrogen) atoms. The highest BCUT2D eigenvalue weighted by Crippen LogP contribution is 2.30. The molecule has 0 aliphatic heterocycles. The molecular formula is C19H22O3. The fourth-order valence-corrected chi connectivity index (χ4v) is 2.55. The number of benzene rings is 2. The second kappa shape index (κ2) is 7.12. The topological polar surface area (TPSA) is 46.5 Å². The van der Waals surface area contributed by atoms with Gasteiger partial charge in [-0.2, -0.15) is 0 Å². The van der Waals surface area contributed by atoms with Crippen LogP contribution < -0.4 is 4.74 Å². The number of hydrogen-bond donors (Lipinski definition) is 1. The first kappa shape index (κ1) is 16.1. The Kier molecular flexibility index (Phi) is 5.21. The van der Waals surface area contributed by atoms with Crippen molar-refractivity contribution in [3.63, 3.8) is 0 Å². The van der Waals surface area contributed by atoms with Crippen molar-refractivity contribution in [2.75, 3.05) is 7.11 Å². The molecule has 116 valence electrons. The zero-order valence-corrected chi connectivity index (χ0v) is 13.2. The van der Waals surface area contributed by atoms with Gasteiger partial charge in [-0.3, -0.25) is 4.79 Å². The minimum absolute atomic E-state index is 0.0767. The SMILES string of the molecule is COc1ccc(C(CC(=O)O)c2ccc(C(C)C)cc2)cc1. The van der Waals surface area contributed by atoms with Crippen molar-refractivity contribution >= 4 is 5.97 Å². The molecule has 0 fully saturated rings. The van der Waals surface area contributed by atoms with Gasteiger partial charge in [0.2, 0.25) is 0 Å². The summed E-state index contributed by atoms with van der Waals surface area (Å²) in [7, 11) is 1.62. The summed E-state index contributed by atoms with van der Waals surface area (Å²) in [5.41, 5.74) is 3.27. The summed E-state index contributed by atoms with van der Waals surface area (Å²) >= 11 is 0. The van der Waals surface area contributed by atoms with Crippen LogP contribution in [0.1, 0.15) is 48.8 Å². The van der Waals surface area contributed by atoms with E-state index in [0.717, 1.165) is 16.9 Å². The number of ether oxygens (including phenoxy) is 1. The largest absolute Gasteiger partial charge is 0.497 e. The standard InChI is InChI=1S/C19H22O3/c1-13(2)14-4-6-15(7-5-14)18(12-19(20)21)16-8-10-17(22-3)11-9-16/h4-11,13,18H,12H2,1-3H3,(H,20,21). The van der Waals surface area contributed by atoms with E-state index in [4.69, 9.17) is 4.74 Å². The summed E-state index contributed by atoms with van der Waals surface area (Å²) < 4.78 is 5.16. The van der Waals surface area contributed by atoms with Crippen LogP contribution in [0.4, 0.5) is 0 Å². The van der Waals surface area contributed by atoms with Crippen LogP contribution in [0.3, 0.4) is 0 Å². The molecule has 0 aromatic heterocycles. The molecule has 0 radical (unpaired) electrons. The summed E-state index contributed by atoms with van der Waals surface area (Å²) in [6, 6.07) is 15.8. The summed E-state index contributed by atoms with van der Waals surface area (Å²) in [5.74, 6) is 0.291. The van der Waals surface area contributed by atoms with Gasteiger partial charge < -0.3 is 9.84 Å². The summed E-state index contributed by atoms with van der Waals surface area (Å²) in [6.07, 6.45) is 0.0767. The highest BCUT2D eigenvalue weighted by molar-refractivity contribution is 5.69. The third kappa shape index (κ3) is 3.88. The molecule has 0 aliphatic rings. The van der Waals surface area contributed by atoms with Crippen molar-refractivity contribution in [3.8, 4) is 5.75 Å². The highest BCUT2D eigenvalue weighted by atomic mass is 16.5. The van der Waals surface area contributed by atoms with E-state index in [2.05, 4.69) is 26.0 Å². The van der Waals surface area contributed by atoms with Crippen molar-refractivity contribution in [2.45, 2.75) is 32.1 Å². The summed E-state index contributed by atoms with van der Waals surface area (Å²) in [6.45, 7) is 4.29. The van der Waals surface area contributed by atoms with Gasteiger partial charge >= 0.3 is 5.97 Å². The van der Waals surface area contributed by atoms with E-state index in [-0.39, 0.29) is 12.3 Å². The van der Waals surface area contributed by atoms with Crippen molar-refractivity contribution < 1.29 is 14.6 Å². The molecule has 1 N–H and O–H groups in total. The van der Waals surface area contributed by atoms with Gasteiger partial charge in [-0.25, -0.2) is 0 Å². The van der Waals surface area contributed by atoms with E-state index in [1.54, 1.807) is 7.11 Å². The highest BCUT2D eigenvalue weighted by Gasteiger charge is 2.18. The molecule has 3 nitrogen and oxygen atoms in total. The minimum Gasteiger partial charge on any atom is -0.497 e. The molecule has 2 rings (SSSR count). The Morgan fingerprint density at radius 2 is 1.41 bits per heavy atom. The quantitative estimate of drug-likeness (QED) is 0.858. The molecule has 0 saturated heterocycles. The second-order valence-corrected chi connectivity index (χ2v) is 5.74. The van der Waals surface area contributed by atoms with E-state index in [1.165, 1.54) is 5.56 Å². The summed E-state index contributed by atoms with van der Waals surface area (Å²) in [4.78, 5) is 11.2. The lowest BCUT2D eigenvalue weighted by atomic mass is 9.87.